The molecule has 1 aliphatic carbocycles. The number of hydrogen-bond donors (Lipinski definition) is 1. The molecule has 2 heterocycles. The standard InChI is InChI=1S/C27H33N5O3/c1-35-18-17-31-27(34)32(23-14-15-23)25(29-31)22-13-8-16-30(19-22)26(33)28-24(20-9-4-2-5-10-20)21-11-6-3-7-12-21/h2-7,9-12,22-24H,8,13-19H2,1H3,(H,28,33). The average Bonchev–Trinajstić information content (AvgIpc) is 3.69. The molecule has 1 unspecified atom stereocenters. The minimum Gasteiger partial charge on any atom is -0.383 e. The molecule has 1 aliphatic heterocycles. The maximum atomic E-state index is 13.5. The van der Waals surface area contributed by atoms with Crippen LogP contribution in [0, 0.1) is 0 Å². The molecule has 184 valence electrons. The van der Waals surface area contributed by atoms with Gasteiger partial charge in [0, 0.05) is 32.2 Å². The molecular formula is C27H33N5O3. The quantitative estimate of drug-likeness (QED) is 0.539. The van der Waals surface area contributed by atoms with E-state index in [1.54, 1.807) is 7.11 Å². The molecule has 1 aromatic heterocycles. The molecule has 1 saturated heterocycles. The van der Waals surface area contributed by atoms with Crippen molar-refractivity contribution in [1.82, 2.24) is 24.6 Å². The van der Waals surface area contributed by atoms with Gasteiger partial charge < -0.3 is 15.0 Å². The number of benzene rings is 2. The van der Waals surface area contributed by atoms with Gasteiger partial charge in [-0.05, 0) is 36.8 Å². The van der Waals surface area contributed by atoms with Gasteiger partial charge in [0.1, 0.15) is 5.82 Å². The zero-order valence-corrected chi connectivity index (χ0v) is 20.2. The Morgan fingerprint density at radius 2 is 1.71 bits per heavy atom. The Morgan fingerprint density at radius 1 is 1.06 bits per heavy atom. The number of aromatic nitrogens is 3. The first-order valence-electron chi connectivity index (χ1n) is 12.5. The van der Waals surface area contributed by atoms with Gasteiger partial charge >= 0.3 is 11.7 Å². The third-order valence-electron chi connectivity index (χ3n) is 6.92. The van der Waals surface area contributed by atoms with Crippen LogP contribution in [-0.4, -0.2) is 52.1 Å². The van der Waals surface area contributed by atoms with Crippen LogP contribution in [0.2, 0.25) is 0 Å². The van der Waals surface area contributed by atoms with Crippen molar-refractivity contribution in [3.63, 3.8) is 0 Å². The number of hydrogen-bond acceptors (Lipinski definition) is 4. The highest BCUT2D eigenvalue weighted by atomic mass is 16.5. The molecule has 1 N–H and O–H groups in total. The maximum Gasteiger partial charge on any atom is 0.346 e. The van der Waals surface area contributed by atoms with Crippen molar-refractivity contribution in [2.24, 2.45) is 0 Å². The summed E-state index contributed by atoms with van der Waals surface area (Å²) < 4.78 is 8.56. The molecule has 0 radical (unpaired) electrons. The molecule has 2 amide bonds. The molecule has 8 nitrogen and oxygen atoms in total. The van der Waals surface area contributed by atoms with Gasteiger partial charge in [-0.3, -0.25) is 4.57 Å². The van der Waals surface area contributed by atoms with Gasteiger partial charge in [0.05, 0.1) is 19.2 Å². The Morgan fingerprint density at radius 3 is 2.31 bits per heavy atom. The Bertz CT molecular complexity index is 1150. The number of likely N-dealkylation sites (tertiary alicyclic amines) is 1. The van der Waals surface area contributed by atoms with Crippen molar-refractivity contribution < 1.29 is 9.53 Å². The number of rotatable bonds is 8. The minimum absolute atomic E-state index is 0.0403. The fourth-order valence-corrected chi connectivity index (χ4v) is 4.95. The van der Waals surface area contributed by atoms with Gasteiger partial charge in [-0.15, -0.1) is 0 Å². The van der Waals surface area contributed by atoms with E-state index in [0.717, 1.165) is 42.6 Å². The van der Waals surface area contributed by atoms with Crippen LogP contribution in [0.25, 0.3) is 0 Å². The molecular weight excluding hydrogens is 442 g/mol. The first kappa shape index (κ1) is 23.4. The van der Waals surface area contributed by atoms with E-state index in [4.69, 9.17) is 9.84 Å². The van der Waals surface area contributed by atoms with Crippen molar-refractivity contribution in [1.29, 1.82) is 0 Å². The fourth-order valence-electron chi connectivity index (χ4n) is 4.95. The number of carbonyl (C=O) groups is 1. The van der Waals surface area contributed by atoms with Gasteiger partial charge in [0.2, 0.25) is 0 Å². The molecule has 3 aromatic rings. The van der Waals surface area contributed by atoms with Crippen LogP contribution in [0.1, 0.15) is 60.6 Å². The Hall–Kier alpha value is -3.39. The predicted molar refractivity (Wildman–Crippen MR) is 133 cm³/mol. The highest BCUT2D eigenvalue weighted by molar-refractivity contribution is 5.75. The first-order valence-corrected chi connectivity index (χ1v) is 12.5. The summed E-state index contributed by atoms with van der Waals surface area (Å²) in [7, 11) is 1.62. The molecule has 5 rings (SSSR count). The molecule has 0 bridgehead atoms. The summed E-state index contributed by atoms with van der Waals surface area (Å²) in [5, 5.41) is 7.97. The third-order valence-corrected chi connectivity index (χ3v) is 6.92. The van der Waals surface area contributed by atoms with E-state index >= 15 is 0 Å². The number of urea groups is 1. The van der Waals surface area contributed by atoms with Gasteiger partial charge in [0.15, 0.2) is 0 Å². The van der Waals surface area contributed by atoms with Gasteiger partial charge in [-0.25, -0.2) is 14.3 Å². The van der Waals surface area contributed by atoms with E-state index in [-0.39, 0.29) is 29.7 Å². The lowest BCUT2D eigenvalue weighted by Crippen LogP contribution is -2.46. The lowest BCUT2D eigenvalue weighted by atomic mass is 9.96. The molecule has 35 heavy (non-hydrogen) atoms. The number of carbonyl (C=O) groups excluding carboxylic acids is 1. The summed E-state index contributed by atoms with van der Waals surface area (Å²) in [5.41, 5.74) is 2.02. The summed E-state index contributed by atoms with van der Waals surface area (Å²) >= 11 is 0. The molecule has 1 atom stereocenters. The van der Waals surface area contributed by atoms with Crippen LogP contribution in [0.3, 0.4) is 0 Å². The third kappa shape index (κ3) is 5.17. The predicted octanol–water partition coefficient (Wildman–Crippen LogP) is 3.70. The second-order valence-corrected chi connectivity index (χ2v) is 9.45. The number of ether oxygens (including phenoxy) is 1. The SMILES string of the molecule is COCCn1nc(C2CCCN(C(=O)NC(c3ccccc3)c3ccccc3)C2)n(C2CC2)c1=O. The van der Waals surface area contributed by atoms with E-state index in [1.165, 1.54) is 4.68 Å². The van der Waals surface area contributed by atoms with E-state index in [0.29, 0.717) is 26.2 Å². The van der Waals surface area contributed by atoms with Crippen molar-refractivity contribution in [3.05, 3.63) is 88.1 Å². The minimum atomic E-state index is -0.233. The van der Waals surface area contributed by atoms with Gasteiger partial charge in [0.25, 0.3) is 0 Å². The number of piperidine rings is 1. The van der Waals surface area contributed by atoms with Crippen molar-refractivity contribution in [3.8, 4) is 0 Å². The normalized spacial score (nSPS) is 18.1. The van der Waals surface area contributed by atoms with E-state index in [2.05, 4.69) is 5.32 Å². The van der Waals surface area contributed by atoms with Crippen molar-refractivity contribution >= 4 is 6.03 Å². The van der Waals surface area contributed by atoms with Gasteiger partial charge in [-0.1, -0.05) is 60.7 Å². The Kier molecular flexibility index (Phi) is 6.99. The largest absolute Gasteiger partial charge is 0.383 e. The first-order chi connectivity index (χ1) is 17.2. The fraction of sp³-hybridized carbons (Fsp3) is 0.444. The van der Waals surface area contributed by atoms with E-state index in [9.17, 15) is 9.59 Å². The van der Waals surface area contributed by atoms with Crippen LogP contribution in [0.4, 0.5) is 4.79 Å². The number of amides is 2. The van der Waals surface area contributed by atoms with Crippen LogP contribution >= 0.6 is 0 Å². The molecule has 0 spiro atoms. The second-order valence-electron chi connectivity index (χ2n) is 9.45. The lowest BCUT2D eigenvalue weighted by Gasteiger charge is -2.34. The number of methoxy groups -OCH3 is 1. The molecule has 8 heteroatoms. The van der Waals surface area contributed by atoms with Crippen LogP contribution < -0.4 is 11.0 Å². The Balaban J connectivity index is 1.35. The zero-order chi connectivity index (χ0) is 24.2. The Labute approximate surface area is 205 Å². The molecule has 2 aromatic carbocycles. The monoisotopic (exact) mass is 475 g/mol. The van der Waals surface area contributed by atoms with Gasteiger partial charge in [-0.2, -0.15) is 5.10 Å². The molecule has 1 saturated carbocycles. The smallest absolute Gasteiger partial charge is 0.346 e. The summed E-state index contributed by atoms with van der Waals surface area (Å²) in [4.78, 5) is 28.4. The highest BCUT2D eigenvalue weighted by Gasteiger charge is 2.35. The molecule has 2 aliphatic rings. The van der Waals surface area contributed by atoms with Crippen LogP contribution in [0.15, 0.2) is 65.5 Å². The topological polar surface area (TPSA) is 81.4 Å². The summed E-state index contributed by atoms with van der Waals surface area (Å²) in [6, 6.07) is 20.0. The summed E-state index contributed by atoms with van der Waals surface area (Å²) in [5.74, 6) is 0.854. The summed E-state index contributed by atoms with van der Waals surface area (Å²) in [6.07, 6.45) is 3.81. The highest BCUT2D eigenvalue weighted by Crippen LogP contribution is 2.37. The second kappa shape index (κ2) is 10.5. The van der Waals surface area contributed by atoms with Crippen molar-refractivity contribution in [2.75, 3.05) is 26.8 Å². The van der Waals surface area contributed by atoms with Crippen molar-refractivity contribution in [2.45, 2.75) is 50.2 Å². The van der Waals surface area contributed by atoms with Crippen LogP contribution in [-0.2, 0) is 11.3 Å². The maximum absolute atomic E-state index is 13.5. The zero-order valence-electron chi connectivity index (χ0n) is 20.2. The summed E-state index contributed by atoms with van der Waals surface area (Å²) in [6.45, 7) is 2.13. The van der Waals surface area contributed by atoms with E-state index in [1.807, 2.05) is 70.1 Å². The van der Waals surface area contributed by atoms with E-state index < -0.39 is 0 Å². The lowest BCUT2D eigenvalue weighted by molar-refractivity contribution is 0.174. The number of nitrogens with zero attached hydrogens (tertiary/aromatic N) is 4. The van der Waals surface area contributed by atoms with Crippen LogP contribution in [0.5, 0.6) is 0 Å². The number of nitrogens with one attached hydrogen (secondary N) is 1. The average molecular weight is 476 g/mol. The molecule has 2 fully saturated rings.